The largest absolute Gasteiger partial charge is 0.497 e. The van der Waals surface area contributed by atoms with Gasteiger partial charge in [0.2, 0.25) is 0 Å². The number of hydrogen-bond acceptors (Lipinski definition) is 9. The van der Waals surface area contributed by atoms with Crippen LogP contribution in [0.4, 0.5) is 5.69 Å². The fraction of sp³-hybridized carbons (Fsp3) is 0.219. The van der Waals surface area contributed by atoms with Gasteiger partial charge in [0.1, 0.15) is 5.75 Å². The minimum atomic E-state index is -0.538. The van der Waals surface area contributed by atoms with Crippen LogP contribution < -0.4 is 4.74 Å². The zero-order valence-electron chi connectivity index (χ0n) is 23.9. The molecule has 2 atom stereocenters. The number of carbonyl (C=O) groups is 1. The molecule has 44 heavy (non-hydrogen) atoms. The highest BCUT2D eigenvalue weighted by Gasteiger charge is 2.31. The molecule has 0 unspecified atom stereocenters. The molecule has 5 aromatic rings. The van der Waals surface area contributed by atoms with Crippen molar-refractivity contribution in [3.8, 4) is 5.75 Å². The van der Waals surface area contributed by atoms with E-state index in [0.717, 1.165) is 15.7 Å². The van der Waals surface area contributed by atoms with Crippen LogP contribution in [0.5, 0.6) is 5.75 Å². The number of aromatic nitrogens is 3. The third-order valence-electron chi connectivity index (χ3n) is 7.33. The molecule has 0 spiro atoms. The Morgan fingerprint density at radius 1 is 1.16 bits per heavy atom. The van der Waals surface area contributed by atoms with E-state index in [1.807, 2.05) is 55.5 Å². The average Bonchev–Trinajstić information content (AvgIpc) is 3.37. The Kier molecular flexibility index (Phi) is 8.62. The number of halogens is 1. The van der Waals surface area contributed by atoms with Crippen LogP contribution in [0.25, 0.3) is 21.9 Å². The molecule has 1 aliphatic rings. The minimum Gasteiger partial charge on any atom is -0.497 e. The molecule has 10 nitrogen and oxygen atoms in total. The molecule has 0 radical (unpaired) electrons. The zero-order valence-corrected chi connectivity index (χ0v) is 25.5. The highest BCUT2D eigenvalue weighted by atomic mass is 35.5. The van der Waals surface area contributed by atoms with E-state index in [1.165, 1.54) is 24.1 Å². The maximum atomic E-state index is 12.7. The summed E-state index contributed by atoms with van der Waals surface area (Å²) in [5.74, 6) is 0.697. The van der Waals surface area contributed by atoms with Crippen molar-refractivity contribution in [2.75, 3.05) is 20.2 Å². The number of methoxy groups -OCH3 is 1. The average molecular weight is 630 g/mol. The van der Waals surface area contributed by atoms with Crippen LogP contribution in [0.1, 0.15) is 28.7 Å². The van der Waals surface area contributed by atoms with Gasteiger partial charge in [-0.2, -0.15) is 5.10 Å². The first kappa shape index (κ1) is 29.8. The van der Waals surface area contributed by atoms with Gasteiger partial charge in [0, 0.05) is 40.9 Å². The van der Waals surface area contributed by atoms with E-state index in [9.17, 15) is 14.9 Å². The number of ether oxygens (including phenoxy) is 2. The van der Waals surface area contributed by atoms with E-state index in [1.54, 1.807) is 36.1 Å². The first-order chi connectivity index (χ1) is 21.3. The van der Waals surface area contributed by atoms with Crippen LogP contribution in [-0.4, -0.2) is 56.1 Å². The van der Waals surface area contributed by atoms with Crippen LogP contribution >= 0.6 is 23.5 Å². The quantitative estimate of drug-likeness (QED) is 0.0549. The van der Waals surface area contributed by atoms with E-state index in [2.05, 4.69) is 4.31 Å². The number of ketones is 1. The summed E-state index contributed by atoms with van der Waals surface area (Å²) in [6, 6.07) is 21.2. The molecule has 224 valence electrons. The second kappa shape index (κ2) is 12.7. The Balaban J connectivity index is 1.31. The van der Waals surface area contributed by atoms with Gasteiger partial charge in [0.25, 0.3) is 5.69 Å². The van der Waals surface area contributed by atoms with Crippen molar-refractivity contribution in [3.63, 3.8) is 0 Å². The van der Waals surface area contributed by atoms with Gasteiger partial charge in [-0.15, -0.1) is 0 Å². The fourth-order valence-electron chi connectivity index (χ4n) is 5.16. The maximum absolute atomic E-state index is 12.7. The van der Waals surface area contributed by atoms with Gasteiger partial charge in [-0.05, 0) is 49.2 Å². The Hall–Kier alpha value is -4.29. The Labute approximate surface area is 262 Å². The molecule has 0 amide bonds. The summed E-state index contributed by atoms with van der Waals surface area (Å²) in [5, 5.41) is 18.0. The molecule has 2 aromatic heterocycles. The van der Waals surface area contributed by atoms with Crippen molar-refractivity contribution in [1.29, 1.82) is 0 Å². The summed E-state index contributed by atoms with van der Waals surface area (Å²) >= 11 is 8.39. The molecule has 1 saturated heterocycles. The summed E-state index contributed by atoms with van der Waals surface area (Å²) in [6.07, 6.45) is 3.06. The number of benzene rings is 3. The molecular formula is C32H28ClN5O5S. The van der Waals surface area contributed by atoms with Crippen molar-refractivity contribution >= 4 is 57.0 Å². The van der Waals surface area contributed by atoms with Gasteiger partial charge in [-0.25, -0.2) is 14.0 Å². The van der Waals surface area contributed by atoms with Gasteiger partial charge in [-0.1, -0.05) is 54.1 Å². The van der Waals surface area contributed by atoms with Crippen molar-refractivity contribution in [3.05, 3.63) is 111 Å². The first-order valence-electron chi connectivity index (χ1n) is 13.9. The monoisotopic (exact) mass is 629 g/mol. The van der Waals surface area contributed by atoms with Gasteiger partial charge in [0.15, 0.2) is 17.7 Å². The van der Waals surface area contributed by atoms with Crippen LogP contribution in [-0.2, 0) is 4.74 Å². The molecule has 0 aliphatic carbocycles. The summed E-state index contributed by atoms with van der Waals surface area (Å²) in [5.41, 5.74) is 2.70. The third-order valence-corrected chi connectivity index (χ3v) is 8.76. The van der Waals surface area contributed by atoms with E-state index in [4.69, 9.17) is 31.2 Å². The highest BCUT2D eigenvalue weighted by molar-refractivity contribution is 7.97. The highest BCUT2D eigenvalue weighted by Crippen LogP contribution is 2.37. The van der Waals surface area contributed by atoms with E-state index < -0.39 is 11.2 Å². The number of allylic oxidation sites excluding steroid dienone is 1. The molecule has 3 aromatic carbocycles. The minimum absolute atomic E-state index is 0.0161. The van der Waals surface area contributed by atoms with Crippen LogP contribution in [0, 0.1) is 17.0 Å². The first-order valence-corrected chi connectivity index (χ1v) is 15.1. The van der Waals surface area contributed by atoms with E-state index in [0.29, 0.717) is 46.3 Å². The number of nitro benzene ring substituents is 1. The molecule has 12 heteroatoms. The summed E-state index contributed by atoms with van der Waals surface area (Å²) in [6.45, 7) is 2.85. The lowest BCUT2D eigenvalue weighted by Crippen LogP contribution is -2.42. The number of Topliss-reactive ketones (excluding diaryl/α,β-unsaturated/α-hetero) is 1. The number of morpholine rings is 1. The third kappa shape index (κ3) is 6.18. The molecule has 1 aliphatic heterocycles. The maximum Gasteiger partial charge on any atom is 0.269 e. The molecule has 0 saturated carbocycles. The van der Waals surface area contributed by atoms with E-state index >= 15 is 0 Å². The summed E-state index contributed by atoms with van der Waals surface area (Å²) in [4.78, 5) is 29.2. The number of pyridine rings is 1. The second-order valence-corrected chi connectivity index (χ2v) is 11.8. The molecule has 6 rings (SSSR count). The molecular weight excluding hydrogens is 602 g/mol. The Morgan fingerprint density at radius 2 is 1.93 bits per heavy atom. The molecule has 1 fully saturated rings. The number of fused-ring (bicyclic) bond motifs is 2. The molecule has 0 bridgehead atoms. The standard InChI is InChI=1S/C32H28ClN5O5S/c1-20-30-31(33)26-17-23(42-2)13-16-27(26)34-32(30)37(35-20)29-19-36(44-25-14-11-22(12-15-25)38(40)41)18-24(43-29)9-6-10-28(39)21-7-4-3-5-8-21/h3-9,11-17,24,29H,10,18-19H2,1-2H3/b9-6+/t24-,29-/m1/s1. The van der Waals surface area contributed by atoms with Gasteiger partial charge >= 0.3 is 0 Å². The lowest BCUT2D eigenvalue weighted by atomic mass is 10.1. The number of hydrogen-bond donors (Lipinski definition) is 0. The zero-order chi connectivity index (χ0) is 30.8. The van der Waals surface area contributed by atoms with Crippen molar-refractivity contribution < 1.29 is 19.2 Å². The number of nitrogens with zero attached hydrogens (tertiary/aromatic N) is 5. The van der Waals surface area contributed by atoms with Crippen LogP contribution in [0.3, 0.4) is 0 Å². The van der Waals surface area contributed by atoms with Gasteiger partial charge in [0.05, 0.1) is 46.3 Å². The Morgan fingerprint density at radius 3 is 2.66 bits per heavy atom. The molecule has 0 N–H and O–H groups in total. The molecule has 3 heterocycles. The fourth-order valence-corrected chi connectivity index (χ4v) is 6.52. The second-order valence-electron chi connectivity index (χ2n) is 10.3. The van der Waals surface area contributed by atoms with Crippen LogP contribution in [0.2, 0.25) is 5.02 Å². The van der Waals surface area contributed by atoms with E-state index in [-0.39, 0.29) is 24.0 Å². The van der Waals surface area contributed by atoms with Crippen LogP contribution in [0.15, 0.2) is 89.8 Å². The lowest BCUT2D eigenvalue weighted by molar-refractivity contribution is -0.384. The number of non-ortho nitro benzene ring substituents is 1. The van der Waals surface area contributed by atoms with Crippen molar-refractivity contribution in [1.82, 2.24) is 19.1 Å². The van der Waals surface area contributed by atoms with Gasteiger partial charge in [-0.3, -0.25) is 14.9 Å². The SMILES string of the molecule is COc1ccc2nc3c(c(C)nn3[C@H]3CN(Sc4ccc([N+](=O)[O-])cc4)C[C@@H](/C=C/CC(=O)c4ccccc4)O3)c(Cl)c2c1. The number of nitro groups is 1. The van der Waals surface area contributed by atoms with Crippen molar-refractivity contribution in [2.45, 2.75) is 30.6 Å². The summed E-state index contributed by atoms with van der Waals surface area (Å²) < 4.78 is 15.8. The predicted molar refractivity (Wildman–Crippen MR) is 170 cm³/mol. The van der Waals surface area contributed by atoms with Crippen molar-refractivity contribution in [2.24, 2.45) is 0 Å². The predicted octanol–water partition coefficient (Wildman–Crippen LogP) is 7.20. The topological polar surface area (TPSA) is 113 Å². The van der Waals surface area contributed by atoms with Gasteiger partial charge < -0.3 is 9.47 Å². The number of carbonyl (C=O) groups excluding carboxylic acids is 1. The summed E-state index contributed by atoms with van der Waals surface area (Å²) in [7, 11) is 1.60. The smallest absolute Gasteiger partial charge is 0.269 e. The normalized spacial score (nSPS) is 17.4. The lowest BCUT2D eigenvalue weighted by Gasteiger charge is -2.36. The number of aryl methyl sites for hydroxylation is 1. The Bertz CT molecular complexity index is 1880. The number of rotatable bonds is 9.